The summed E-state index contributed by atoms with van der Waals surface area (Å²) in [6.07, 6.45) is 3.40. The number of carbonyl (C=O) groups excluding carboxylic acids is 1. The van der Waals surface area contributed by atoms with Crippen molar-refractivity contribution in [2.24, 2.45) is 5.92 Å². The van der Waals surface area contributed by atoms with Gasteiger partial charge in [-0.15, -0.1) is 0 Å². The average Bonchev–Trinajstić information content (AvgIpc) is 2.79. The highest BCUT2D eigenvalue weighted by molar-refractivity contribution is 7.91. The van der Waals surface area contributed by atoms with Crippen LogP contribution in [0.1, 0.15) is 44.2 Å². The molecule has 0 aromatic heterocycles. The molecule has 2 N–H and O–H groups in total. The minimum absolute atomic E-state index is 0.0274. The van der Waals surface area contributed by atoms with Crippen molar-refractivity contribution in [3.8, 4) is 0 Å². The molecule has 0 bridgehead atoms. The van der Waals surface area contributed by atoms with Crippen LogP contribution in [0.2, 0.25) is 0 Å². The first-order chi connectivity index (χ1) is 15.8. The van der Waals surface area contributed by atoms with Crippen LogP contribution in [0.3, 0.4) is 0 Å². The molecule has 1 aliphatic rings. The Morgan fingerprint density at radius 3 is 2.45 bits per heavy atom. The van der Waals surface area contributed by atoms with Crippen LogP contribution >= 0.6 is 0 Å². The number of rotatable bonds is 9. The number of benzene rings is 2. The van der Waals surface area contributed by atoms with E-state index in [0.29, 0.717) is 18.9 Å². The summed E-state index contributed by atoms with van der Waals surface area (Å²) in [6.45, 7) is 8.05. The van der Waals surface area contributed by atoms with Crippen LogP contribution in [0.25, 0.3) is 6.08 Å². The molecule has 3 atom stereocenters. The molecule has 0 spiro atoms. The summed E-state index contributed by atoms with van der Waals surface area (Å²) >= 11 is 0. The van der Waals surface area contributed by atoms with Crippen molar-refractivity contribution in [2.75, 3.05) is 5.75 Å². The third-order valence-corrected chi connectivity index (χ3v) is 7.83. The van der Waals surface area contributed by atoms with E-state index in [1.807, 2.05) is 30.3 Å². The molecule has 7 heteroatoms. The lowest BCUT2D eigenvalue weighted by Crippen LogP contribution is -2.50. The monoisotopic (exact) mass is 470 g/mol. The summed E-state index contributed by atoms with van der Waals surface area (Å²) in [5.41, 5.74) is 1.77. The van der Waals surface area contributed by atoms with Crippen molar-refractivity contribution >= 4 is 22.0 Å². The van der Waals surface area contributed by atoms with Crippen LogP contribution in [0, 0.1) is 5.92 Å². The van der Waals surface area contributed by atoms with Crippen LogP contribution in [-0.2, 0) is 21.2 Å². The zero-order valence-electron chi connectivity index (χ0n) is 19.4. The van der Waals surface area contributed by atoms with Gasteiger partial charge in [0.05, 0.1) is 10.6 Å². The zero-order chi connectivity index (χ0) is 23.8. The summed E-state index contributed by atoms with van der Waals surface area (Å²) in [4.78, 5) is 12.8. The number of carbonyl (C=O) groups is 1. The lowest BCUT2D eigenvalue weighted by Gasteiger charge is -2.37. The number of nitrogens with one attached hydrogen (secondary N) is 2. The fraction of sp³-hybridized carbons (Fsp3) is 0.423. The van der Waals surface area contributed by atoms with Crippen molar-refractivity contribution in [1.29, 1.82) is 0 Å². The highest BCUT2D eigenvalue weighted by Gasteiger charge is 2.35. The van der Waals surface area contributed by atoms with E-state index < -0.39 is 15.9 Å². The first-order valence-electron chi connectivity index (χ1n) is 11.5. The van der Waals surface area contributed by atoms with Crippen LogP contribution in [0.15, 0.2) is 66.1 Å². The Labute approximate surface area is 197 Å². The molecule has 1 aliphatic carbocycles. The molecule has 2 aromatic carbocycles. The van der Waals surface area contributed by atoms with Crippen molar-refractivity contribution in [3.05, 3.63) is 72.3 Å². The Bertz CT molecular complexity index is 1020. The van der Waals surface area contributed by atoms with Crippen molar-refractivity contribution in [2.45, 2.75) is 62.7 Å². The maximum Gasteiger partial charge on any atom is 0.407 e. The van der Waals surface area contributed by atoms with Gasteiger partial charge in [-0.05, 0) is 48.4 Å². The smallest absolute Gasteiger partial charge is 0.407 e. The molecule has 0 heterocycles. The van der Waals surface area contributed by atoms with E-state index in [1.165, 1.54) is 0 Å². The molecule has 0 saturated heterocycles. The topological polar surface area (TPSA) is 84.5 Å². The Morgan fingerprint density at radius 2 is 1.82 bits per heavy atom. The number of hydrogen-bond acceptors (Lipinski definition) is 5. The predicted octanol–water partition coefficient (Wildman–Crippen LogP) is 4.57. The van der Waals surface area contributed by atoms with E-state index in [0.717, 1.165) is 17.5 Å². The Hall–Kier alpha value is -2.64. The quantitative estimate of drug-likeness (QED) is 0.561. The maximum absolute atomic E-state index is 13.2. The molecule has 1 amide bonds. The van der Waals surface area contributed by atoms with E-state index in [9.17, 15) is 13.2 Å². The highest BCUT2D eigenvalue weighted by atomic mass is 32.2. The van der Waals surface area contributed by atoms with Gasteiger partial charge in [-0.2, -0.15) is 0 Å². The third kappa shape index (κ3) is 7.44. The Balaban J connectivity index is 1.69. The largest absolute Gasteiger partial charge is 0.445 e. The molecule has 1 unspecified atom stereocenters. The van der Waals surface area contributed by atoms with Gasteiger partial charge in [0.1, 0.15) is 6.61 Å². The minimum Gasteiger partial charge on any atom is -0.445 e. The van der Waals surface area contributed by atoms with Crippen molar-refractivity contribution in [3.63, 3.8) is 0 Å². The van der Waals surface area contributed by atoms with Gasteiger partial charge in [-0.1, -0.05) is 69.0 Å². The molecule has 178 valence electrons. The standard InChI is InChI=1S/C26H34N2O4S/c1-4-20-10-13-24(14-11-20)33(30,31)18-22-16-23(27-19(2)3)12-15-25(22)28-26(29)32-17-21-8-6-5-7-9-21/h4-11,13-14,19,22-23,25,27H,1,12,15-18H2,2-3H3,(H,28,29)/t22-,23+,25?/m0/s1. The second-order valence-corrected chi connectivity index (χ2v) is 11.0. The van der Waals surface area contributed by atoms with Crippen LogP contribution in [-0.4, -0.2) is 38.4 Å². The van der Waals surface area contributed by atoms with Gasteiger partial charge >= 0.3 is 6.09 Å². The molecule has 1 saturated carbocycles. The third-order valence-electron chi connectivity index (χ3n) is 5.98. The zero-order valence-corrected chi connectivity index (χ0v) is 20.2. The van der Waals surface area contributed by atoms with Gasteiger partial charge in [0.15, 0.2) is 9.84 Å². The molecule has 2 aromatic rings. The first-order valence-corrected chi connectivity index (χ1v) is 13.1. The fourth-order valence-electron chi connectivity index (χ4n) is 4.37. The van der Waals surface area contributed by atoms with Gasteiger partial charge in [0.2, 0.25) is 0 Å². The summed E-state index contributed by atoms with van der Waals surface area (Å²) in [7, 11) is -3.51. The second kappa shape index (κ2) is 11.5. The number of amides is 1. The minimum atomic E-state index is -3.51. The summed E-state index contributed by atoms with van der Waals surface area (Å²) in [6, 6.07) is 16.5. The molecule has 0 radical (unpaired) electrons. The van der Waals surface area contributed by atoms with E-state index in [2.05, 4.69) is 31.1 Å². The van der Waals surface area contributed by atoms with Gasteiger partial charge in [-0.3, -0.25) is 0 Å². The first kappa shape index (κ1) is 25.0. The van der Waals surface area contributed by atoms with E-state index in [-0.39, 0.29) is 35.3 Å². The molecular formula is C26H34N2O4S. The van der Waals surface area contributed by atoms with Crippen LogP contribution in [0.4, 0.5) is 4.79 Å². The normalized spacial score (nSPS) is 20.9. The lowest BCUT2D eigenvalue weighted by molar-refractivity contribution is 0.125. The molecule has 6 nitrogen and oxygen atoms in total. The van der Waals surface area contributed by atoms with Gasteiger partial charge in [-0.25, -0.2) is 13.2 Å². The summed E-state index contributed by atoms with van der Waals surface area (Å²) in [5.74, 6) is -0.247. The lowest BCUT2D eigenvalue weighted by atomic mass is 9.82. The van der Waals surface area contributed by atoms with Crippen LogP contribution in [0.5, 0.6) is 0 Å². The maximum atomic E-state index is 13.2. The molecular weight excluding hydrogens is 436 g/mol. The average molecular weight is 471 g/mol. The Morgan fingerprint density at radius 1 is 1.12 bits per heavy atom. The van der Waals surface area contributed by atoms with Crippen LogP contribution < -0.4 is 10.6 Å². The summed E-state index contributed by atoms with van der Waals surface area (Å²) in [5, 5.41) is 6.46. The number of sulfone groups is 1. The van der Waals surface area contributed by atoms with E-state index >= 15 is 0 Å². The fourth-order valence-corrected chi connectivity index (χ4v) is 6.04. The number of ether oxygens (including phenoxy) is 1. The predicted molar refractivity (Wildman–Crippen MR) is 132 cm³/mol. The van der Waals surface area contributed by atoms with E-state index in [4.69, 9.17) is 4.74 Å². The molecule has 1 fully saturated rings. The number of alkyl carbamates (subject to hydrolysis) is 1. The second-order valence-electron chi connectivity index (χ2n) is 8.96. The molecule has 0 aliphatic heterocycles. The van der Waals surface area contributed by atoms with Crippen molar-refractivity contribution in [1.82, 2.24) is 10.6 Å². The van der Waals surface area contributed by atoms with Crippen molar-refractivity contribution < 1.29 is 17.9 Å². The SMILES string of the molecule is C=Cc1ccc(S(=O)(=O)C[C@@H]2C[C@H](NC(C)C)CCC2NC(=O)OCc2ccccc2)cc1. The highest BCUT2D eigenvalue weighted by Crippen LogP contribution is 2.29. The van der Waals surface area contributed by atoms with Gasteiger partial charge < -0.3 is 15.4 Å². The Kier molecular flexibility index (Phi) is 8.69. The van der Waals surface area contributed by atoms with Gasteiger partial charge in [0, 0.05) is 18.1 Å². The summed E-state index contributed by atoms with van der Waals surface area (Å²) < 4.78 is 31.7. The molecule has 3 rings (SSSR count). The van der Waals surface area contributed by atoms with Gasteiger partial charge in [0.25, 0.3) is 0 Å². The molecule has 33 heavy (non-hydrogen) atoms. The number of hydrogen-bond donors (Lipinski definition) is 2. The van der Waals surface area contributed by atoms with E-state index in [1.54, 1.807) is 30.3 Å².